The number of aliphatic hydroxyl groups excluding tert-OH is 1. The first kappa shape index (κ1) is 49.2. The second-order valence-corrected chi connectivity index (χ2v) is 21.5. The molecule has 5 saturated heterocycles. The number of aromatic nitrogens is 1. The van der Waals surface area contributed by atoms with Crippen molar-refractivity contribution in [3.05, 3.63) is 76.4 Å². The van der Waals surface area contributed by atoms with Gasteiger partial charge in [-0.05, 0) is 72.6 Å². The van der Waals surface area contributed by atoms with Crippen molar-refractivity contribution in [2.24, 2.45) is 29.1 Å². The smallest absolute Gasteiger partial charge is 0.246 e. The first-order valence-electron chi connectivity index (χ1n) is 23.8. The number of carbonyl (C=O) groups excluding carboxylic acids is 6. The molecule has 1 saturated carbocycles. The molecule has 6 fully saturated rings. The summed E-state index contributed by atoms with van der Waals surface area (Å²) in [5, 5.41) is 20.6. The number of hydrogen-bond donors (Lipinski definition) is 5. The zero-order valence-corrected chi connectivity index (χ0v) is 40.8. The molecule has 2 aromatic carbocycles. The number of nitrogens with one attached hydrogen (secondary N) is 4. The molecule has 5 N–H and O–H groups in total. The maximum Gasteiger partial charge on any atom is 0.246 e. The minimum absolute atomic E-state index is 0.0282. The van der Waals surface area contributed by atoms with Gasteiger partial charge in [-0.15, -0.1) is 11.3 Å². The van der Waals surface area contributed by atoms with E-state index in [4.69, 9.17) is 14.5 Å². The Morgan fingerprint density at radius 2 is 1.54 bits per heavy atom. The first-order chi connectivity index (χ1) is 32.3. The van der Waals surface area contributed by atoms with Crippen LogP contribution < -0.4 is 21.4 Å². The van der Waals surface area contributed by atoms with E-state index in [1.165, 1.54) is 9.91 Å². The summed E-state index contributed by atoms with van der Waals surface area (Å²) < 4.78 is 6.46. The molecule has 1 aromatic heterocycles. The molecule has 68 heavy (non-hydrogen) atoms. The van der Waals surface area contributed by atoms with Crippen molar-refractivity contribution in [2.45, 2.75) is 149 Å². The summed E-state index contributed by atoms with van der Waals surface area (Å²) >= 11 is 1.56. The van der Waals surface area contributed by atoms with E-state index >= 15 is 0 Å². The number of aliphatic hydroxyl groups is 1. The summed E-state index contributed by atoms with van der Waals surface area (Å²) in [6.45, 7) is 13.7. The molecule has 6 aliphatic rings. The number of ether oxygens (including phenoxy) is 1. The molecule has 10 atom stereocenters. The summed E-state index contributed by atoms with van der Waals surface area (Å²) in [5.74, 6) is -3.56. The number of rotatable bonds is 14. The molecule has 6 amide bonds. The van der Waals surface area contributed by atoms with Gasteiger partial charge in [-0.1, -0.05) is 83.1 Å². The van der Waals surface area contributed by atoms with Gasteiger partial charge in [-0.3, -0.25) is 34.2 Å². The van der Waals surface area contributed by atoms with Crippen LogP contribution in [0.2, 0.25) is 0 Å². The lowest BCUT2D eigenvalue weighted by molar-refractivity contribution is -0.549. The first-order valence-corrected chi connectivity index (χ1v) is 24.7. The molecule has 2 bridgehead atoms. The number of nitrogens with zero attached hydrogens (tertiary/aromatic N) is 3. The van der Waals surface area contributed by atoms with Crippen LogP contribution in [0.1, 0.15) is 109 Å². The minimum Gasteiger partial charge on any atom is -0.391 e. The highest BCUT2D eigenvalue weighted by Crippen LogP contribution is 2.60. The topological polar surface area (TPSA) is 218 Å². The monoisotopic (exact) mass is 955 g/mol. The standard InChI is InChI=1S/C50H65N7O10S/c1-28-8-17-37-29(2)45(63)57(47-50(37)36(28)20-21-49(7,65-47)66-67-50)55-40(60)19-18-39(59)51-24-32-11-9-31(10-12-32)22-41(61)54-43(48(4,5)6)46(64)56-26-35(58)23-38(56)44(62)52-25-33-13-15-34(16-14-33)42-30(3)53-27-68-42/h9-16,27-29,35-38,43,47,58H,8,17-26H2,1-7H3,(H,51,59)(H,52,62)(H,54,61)(H,55,60). The number of amides is 6. The third-order valence-electron chi connectivity index (χ3n) is 14.7. The molecule has 18 heteroatoms. The predicted molar refractivity (Wildman–Crippen MR) is 250 cm³/mol. The van der Waals surface area contributed by atoms with Crippen LogP contribution in [0, 0.1) is 36.0 Å². The maximum absolute atomic E-state index is 14.1. The Bertz CT molecular complexity index is 2390. The van der Waals surface area contributed by atoms with Crippen molar-refractivity contribution < 1.29 is 48.4 Å². The average Bonchev–Trinajstić information content (AvgIpc) is 3.84. The molecule has 9 rings (SSSR count). The van der Waals surface area contributed by atoms with Gasteiger partial charge in [0.1, 0.15) is 12.1 Å². The van der Waals surface area contributed by atoms with Crippen LogP contribution in [-0.2, 0) is 62.8 Å². The zero-order chi connectivity index (χ0) is 48.7. The lowest BCUT2D eigenvalue weighted by atomic mass is 9.57. The minimum atomic E-state index is -1.06. The Hall–Kier alpha value is -5.27. The quantitative estimate of drug-likeness (QED) is 0.141. The highest BCUT2D eigenvalue weighted by atomic mass is 32.1. The van der Waals surface area contributed by atoms with Crippen LogP contribution in [0.3, 0.4) is 0 Å². The summed E-state index contributed by atoms with van der Waals surface area (Å²) in [4.78, 5) is 100. The van der Waals surface area contributed by atoms with Crippen LogP contribution in [-0.4, -0.2) is 97.8 Å². The van der Waals surface area contributed by atoms with E-state index in [1.807, 2.05) is 58.9 Å². The number of piperidine rings is 1. The van der Waals surface area contributed by atoms with Crippen molar-refractivity contribution in [1.29, 1.82) is 0 Å². The van der Waals surface area contributed by atoms with Gasteiger partial charge in [0.05, 0.1) is 28.6 Å². The fraction of sp³-hybridized carbons (Fsp3) is 0.580. The molecule has 366 valence electrons. The van der Waals surface area contributed by atoms with E-state index < -0.39 is 64.9 Å². The fourth-order valence-electron chi connectivity index (χ4n) is 10.8. The molecule has 1 spiro atoms. The Morgan fingerprint density at radius 1 is 0.882 bits per heavy atom. The molecular weight excluding hydrogens is 891 g/mol. The number of carbonyl (C=O) groups is 6. The lowest BCUT2D eigenvalue weighted by Gasteiger charge is -2.61. The number of β-amino-alcohol motifs (C(OH)–C–C–N with tert-alkyl or cyclic N) is 1. The summed E-state index contributed by atoms with van der Waals surface area (Å²) in [7, 11) is 0. The van der Waals surface area contributed by atoms with Gasteiger partial charge in [0.25, 0.3) is 0 Å². The largest absolute Gasteiger partial charge is 0.391 e. The number of aryl methyl sites for hydroxylation is 1. The number of likely N-dealkylation sites (tertiary alicyclic amines) is 1. The van der Waals surface area contributed by atoms with Crippen molar-refractivity contribution in [1.82, 2.24) is 36.3 Å². The summed E-state index contributed by atoms with van der Waals surface area (Å²) in [6.07, 6.45) is 1.19. The van der Waals surface area contributed by atoms with E-state index in [9.17, 15) is 33.9 Å². The number of hydrogen-bond acceptors (Lipinski definition) is 12. The van der Waals surface area contributed by atoms with Gasteiger partial charge in [0.2, 0.25) is 41.2 Å². The Kier molecular flexibility index (Phi) is 14.2. The highest BCUT2D eigenvalue weighted by molar-refractivity contribution is 7.13. The van der Waals surface area contributed by atoms with Gasteiger partial charge < -0.3 is 30.7 Å². The van der Waals surface area contributed by atoms with Crippen LogP contribution in [0.5, 0.6) is 0 Å². The van der Waals surface area contributed by atoms with E-state index in [-0.39, 0.29) is 74.9 Å². The van der Waals surface area contributed by atoms with Crippen LogP contribution in [0.15, 0.2) is 54.0 Å². The van der Waals surface area contributed by atoms with Gasteiger partial charge in [-0.25, -0.2) is 19.8 Å². The number of benzene rings is 2. The van der Waals surface area contributed by atoms with Crippen molar-refractivity contribution in [3.63, 3.8) is 0 Å². The van der Waals surface area contributed by atoms with E-state index in [0.717, 1.165) is 46.5 Å². The molecule has 10 unspecified atom stereocenters. The summed E-state index contributed by atoms with van der Waals surface area (Å²) in [5.41, 5.74) is 7.25. The second-order valence-electron chi connectivity index (χ2n) is 20.7. The van der Waals surface area contributed by atoms with Gasteiger partial charge in [0, 0.05) is 57.2 Å². The molecule has 5 aliphatic heterocycles. The molecule has 1 aliphatic carbocycles. The zero-order valence-electron chi connectivity index (χ0n) is 40.0. The lowest BCUT2D eigenvalue weighted by Crippen LogP contribution is -2.77. The molecule has 6 heterocycles. The van der Waals surface area contributed by atoms with Gasteiger partial charge in [0.15, 0.2) is 11.8 Å². The molecular formula is C50H65N7O10S. The van der Waals surface area contributed by atoms with Crippen LogP contribution in [0.4, 0.5) is 0 Å². The number of hydrazine groups is 1. The fourth-order valence-corrected chi connectivity index (χ4v) is 11.6. The van der Waals surface area contributed by atoms with Crippen molar-refractivity contribution in [2.75, 3.05) is 6.54 Å². The predicted octanol–water partition coefficient (Wildman–Crippen LogP) is 4.59. The van der Waals surface area contributed by atoms with Crippen LogP contribution in [0.25, 0.3) is 10.4 Å². The number of thiazole rings is 1. The van der Waals surface area contributed by atoms with Crippen LogP contribution >= 0.6 is 11.3 Å². The SMILES string of the molecule is Cc1ncsc1-c1ccc(CNC(=O)C2CC(O)CN2C(=O)C(NC(=O)Cc2ccc(CNC(=O)CCC(=O)NN3C(=O)C(C)C4CCC(C)C5CCC6(C)OOC54C3O6)cc2)C(C)(C)C)cc1. The molecule has 17 nitrogen and oxygen atoms in total. The number of fused-ring (bicyclic) bond motifs is 2. The Balaban J connectivity index is 0.801. The highest BCUT2D eigenvalue weighted by Gasteiger charge is 2.71. The van der Waals surface area contributed by atoms with Gasteiger partial charge >= 0.3 is 0 Å². The van der Waals surface area contributed by atoms with E-state index in [2.05, 4.69) is 33.3 Å². The van der Waals surface area contributed by atoms with Crippen molar-refractivity contribution in [3.8, 4) is 10.4 Å². The normalized spacial score (nSPS) is 29.1. The Labute approximate surface area is 401 Å². The maximum atomic E-state index is 14.1. The van der Waals surface area contributed by atoms with E-state index in [0.29, 0.717) is 17.9 Å². The van der Waals surface area contributed by atoms with Crippen molar-refractivity contribution >= 4 is 46.8 Å². The second kappa shape index (κ2) is 19.6. The third-order valence-corrected chi connectivity index (χ3v) is 15.7. The third kappa shape index (κ3) is 10.1. The molecule has 0 radical (unpaired) electrons. The van der Waals surface area contributed by atoms with Gasteiger partial charge in [-0.2, -0.15) is 0 Å². The molecule has 3 aromatic rings. The van der Waals surface area contributed by atoms with E-state index in [1.54, 1.807) is 48.0 Å². The average molecular weight is 956 g/mol. The Morgan fingerprint density at radius 3 is 2.22 bits per heavy atom. The summed E-state index contributed by atoms with van der Waals surface area (Å²) in [6, 6.07) is 13.1.